The fourth-order valence-electron chi connectivity index (χ4n) is 0.846. The predicted molar refractivity (Wildman–Crippen MR) is 46.2 cm³/mol. The molecule has 0 fully saturated rings. The molecule has 3 nitrogen and oxygen atoms in total. The smallest absolute Gasteiger partial charge is 0.269 e. The van der Waals surface area contributed by atoms with E-state index in [0.29, 0.717) is 5.56 Å². The molecule has 1 aromatic rings. The zero-order chi connectivity index (χ0) is 9.19. The van der Waals surface area contributed by atoms with E-state index in [1.807, 2.05) is 0 Å². The largest absolute Gasteiger partial charge is 0.285 e. The average Bonchev–Trinajstić information content (AvgIpc) is 1.91. The highest BCUT2D eigenvalue weighted by atomic mass is 32.2. The van der Waals surface area contributed by atoms with Gasteiger partial charge in [0, 0.05) is 0 Å². The lowest BCUT2D eigenvalue weighted by atomic mass is 10.2. The summed E-state index contributed by atoms with van der Waals surface area (Å²) in [7, 11) is -3.91. The molecule has 0 unspecified atom stereocenters. The van der Waals surface area contributed by atoms with Crippen LogP contribution in [-0.4, -0.2) is 13.0 Å². The maximum absolute atomic E-state index is 10.4. The highest BCUT2D eigenvalue weighted by Crippen LogP contribution is 2.06. The standard InChI is InChI=1S/C8H9O3S/c1-7-2-4-8(5-3-7)6-12(9,10)11/h2-5H,1,6H2,(H,9,10,11). The van der Waals surface area contributed by atoms with Crippen molar-refractivity contribution in [1.29, 1.82) is 0 Å². The molecule has 12 heavy (non-hydrogen) atoms. The Morgan fingerprint density at radius 3 is 2.17 bits per heavy atom. The van der Waals surface area contributed by atoms with Gasteiger partial charge < -0.3 is 0 Å². The van der Waals surface area contributed by atoms with Gasteiger partial charge in [0.05, 0.1) is 0 Å². The minimum atomic E-state index is -3.91. The van der Waals surface area contributed by atoms with Crippen molar-refractivity contribution in [3.05, 3.63) is 42.3 Å². The lowest BCUT2D eigenvalue weighted by Crippen LogP contribution is -2.01. The highest BCUT2D eigenvalue weighted by Gasteiger charge is 2.04. The van der Waals surface area contributed by atoms with Crippen LogP contribution in [0.5, 0.6) is 0 Å². The second-order valence-corrected chi connectivity index (χ2v) is 4.00. The quantitative estimate of drug-likeness (QED) is 0.705. The Morgan fingerprint density at radius 1 is 1.25 bits per heavy atom. The van der Waals surface area contributed by atoms with Gasteiger partial charge in [0.15, 0.2) is 0 Å². The summed E-state index contributed by atoms with van der Waals surface area (Å²) in [6.07, 6.45) is 0. The van der Waals surface area contributed by atoms with Gasteiger partial charge in [-0.05, 0) is 18.1 Å². The fourth-order valence-corrected chi connectivity index (χ4v) is 1.46. The maximum atomic E-state index is 10.4. The van der Waals surface area contributed by atoms with Crippen LogP contribution in [0.25, 0.3) is 0 Å². The molecule has 1 N–H and O–H groups in total. The van der Waals surface area contributed by atoms with Crippen LogP contribution in [-0.2, 0) is 15.9 Å². The molecule has 0 bridgehead atoms. The summed E-state index contributed by atoms with van der Waals surface area (Å²) < 4.78 is 29.3. The van der Waals surface area contributed by atoms with Gasteiger partial charge in [-0.15, -0.1) is 0 Å². The fraction of sp³-hybridized carbons (Fsp3) is 0.125. The maximum Gasteiger partial charge on any atom is 0.269 e. The van der Waals surface area contributed by atoms with Crippen LogP contribution in [0.2, 0.25) is 0 Å². The van der Waals surface area contributed by atoms with Gasteiger partial charge in [-0.3, -0.25) is 4.55 Å². The van der Waals surface area contributed by atoms with Crippen LogP contribution in [0.3, 0.4) is 0 Å². The SMILES string of the molecule is [CH2]c1ccc(CS(=O)(=O)O)cc1. The first-order valence-corrected chi connectivity index (χ1v) is 4.94. The monoisotopic (exact) mass is 185 g/mol. The molecule has 0 saturated carbocycles. The van der Waals surface area contributed by atoms with Crippen molar-refractivity contribution in [2.24, 2.45) is 0 Å². The first kappa shape index (κ1) is 9.22. The summed E-state index contributed by atoms with van der Waals surface area (Å²) in [5, 5.41) is 0. The van der Waals surface area contributed by atoms with E-state index < -0.39 is 10.1 Å². The van der Waals surface area contributed by atoms with Crippen molar-refractivity contribution in [3.8, 4) is 0 Å². The number of hydrogen-bond donors (Lipinski definition) is 1. The highest BCUT2D eigenvalue weighted by molar-refractivity contribution is 7.85. The summed E-state index contributed by atoms with van der Waals surface area (Å²) in [6.45, 7) is 3.65. The van der Waals surface area contributed by atoms with Gasteiger partial charge in [-0.1, -0.05) is 24.3 Å². The van der Waals surface area contributed by atoms with Crippen LogP contribution in [0.1, 0.15) is 11.1 Å². The summed E-state index contributed by atoms with van der Waals surface area (Å²) in [5.74, 6) is -0.340. The van der Waals surface area contributed by atoms with E-state index in [0.717, 1.165) is 5.56 Å². The first-order valence-electron chi connectivity index (χ1n) is 3.33. The molecule has 1 radical (unpaired) electrons. The van der Waals surface area contributed by atoms with Crippen LogP contribution in [0.15, 0.2) is 24.3 Å². The van der Waals surface area contributed by atoms with E-state index in [4.69, 9.17) is 4.55 Å². The zero-order valence-electron chi connectivity index (χ0n) is 6.40. The Balaban J connectivity index is 2.85. The van der Waals surface area contributed by atoms with Gasteiger partial charge in [0.25, 0.3) is 10.1 Å². The Bertz CT molecular complexity index is 350. The van der Waals surface area contributed by atoms with Crippen LogP contribution in [0, 0.1) is 6.92 Å². The van der Waals surface area contributed by atoms with Crippen molar-refractivity contribution < 1.29 is 13.0 Å². The summed E-state index contributed by atoms with van der Waals surface area (Å²) >= 11 is 0. The Kier molecular flexibility index (Phi) is 2.49. The van der Waals surface area contributed by atoms with E-state index in [1.54, 1.807) is 24.3 Å². The Labute approximate surface area is 71.8 Å². The van der Waals surface area contributed by atoms with Crippen molar-refractivity contribution in [2.75, 3.05) is 0 Å². The molecule has 1 rings (SSSR count). The Morgan fingerprint density at radius 2 is 1.75 bits per heavy atom. The second kappa shape index (κ2) is 3.25. The third kappa shape index (κ3) is 3.02. The molecule has 0 amide bonds. The molecule has 0 aliphatic carbocycles. The van der Waals surface area contributed by atoms with E-state index in [2.05, 4.69) is 6.92 Å². The lowest BCUT2D eigenvalue weighted by Gasteiger charge is -1.97. The minimum absolute atomic E-state index is 0.340. The average molecular weight is 185 g/mol. The molecular weight excluding hydrogens is 176 g/mol. The predicted octanol–water partition coefficient (Wildman–Crippen LogP) is 1.26. The summed E-state index contributed by atoms with van der Waals surface area (Å²) in [5.41, 5.74) is 1.37. The van der Waals surface area contributed by atoms with Crippen molar-refractivity contribution in [3.63, 3.8) is 0 Å². The van der Waals surface area contributed by atoms with Crippen LogP contribution >= 0.6 is 0 Å². The van der Waals surface area contributed by atoms with E-state index in [-0.39, 0.29) is 5.75 Å². The van der Waals surface area contributed by atoms with Crippen molar-refractivity contribution in [2.45, 2.75) is 5.75 Å². The molecule has 65 valence electrons. The second-order valence-electron chi connectivity index (χ2n) is 2.54. The first-order chi connectivity index (χ1) is 5.47. The van der Waals surface area contributed by atoms with Gasteiger partial charge in [-0.25, -0.2) is 0 Å². The number of rotatable bonds is 2. The topological polar surface area (TPSA) is 54.4 Å². The molecule has 0 aliphatic rings. The zero-order valence-corrected chi connectivity index (χ0v) is 7.21. The molecule has 0 saturated heterocycles. The van der Waals surface area contributed by atoms with Crippen molar-refractivity contribution in [1.82, 2.24) is 0 Å². The van der Waals surface area contributed by atoms with Gasteiger partial charge >= 0.3 is 0 Å². The third-order valence-corrected chi connectivity index (χ3v) is 2.07. The molecule has 4 heteroatoms. The molecule has 1 aromatic carbocycles. The van der Waals surface area contributed by atoms with E-state index in [1.165, 1.54) is 0 Å². The normalized spacial score (nSPS) is 11.5. The molecule has 0 spiro atoms. The number of benzene rings is 1. The third-order valence-electron chi connectivity index (χ3n) is 1.37. The lowest BCUT2D eigenvalue weighted by molar-refractivity contribution is 0.482. The van der Waals surface area contributed by atoms with Crippen molar-refractivity contribution >= 4 is 10.1 Å². The molecule has 0 aromatic heterocycles. The van der Waals surface area contributed by atoms with E-state index in [9.17, 15) is 8.42 Å². The molecular formula is C8H9O3S. The van der Waals surface area contributed by atoms with Crippen LogP contribution < -0.4 is 0 Å². The molecule has 0 atom stereocenters. The Hall–Kier alpha value is -0.870. The summed E-state index contributed by atoms with van der Waals surface area (Å²) in [4.78, 5) is 0. The van der Waals surface area contributed by atoms with Gasteiger partial charge in [0.2, 0.25) is 0 Å². The van der Waals surface area contributed by atoms with Gasteiger partial charge in [0.1, 0.15) is 5.75 Å². The van der Waals surface area contributed by atoms with Gasteiger partial charge in [-0.2, -0.15) is 8.42 Å². The minimum Gasteiger partial charge on any atom is -0.285 e. The summed E-state index contributed by atoms with van der Waals surface area (Å²) in [6, 6.07) is 6.63. The van der Waals surface area contributed by atoms with Crippen LogP contribution in [0.4, 0.5) is 0 Å². The number of hydrogen-bond acceptors (Lipinski definition) is 2. The van der Waals surface area contributed by atoms with E-state index >= 15 is 0 Å². The molecule has 0 aliphatic heterocycles. The molecule has 0 heterocycles.